The quantitative estimate of drug-likeness (QED) is 0.186. The van der Waals surface area contributed by atoms with Gasteiger partial charge >= 0.3 is 0 Å². The Labute approximate surface area is 247 Å². The van der Waals surface area contributed by atoms with Gasteiger partial charge in [-0.05, 0) is 43.9 Å². The number of rotatable bonds is 11. The van der Waals surface area contributed by atoms with Crippen LogP contribution in [0.2, 0.25) is 5.02 Å². The Balaban J connectivity index is 1.23. The third-order valence-corrected chi connectivity index (χ3v) is 7.80. The van der Waals surface area contributed by atoms with E-state index in [0.29, 0.717) is 30.1 Å². The number of carbonyl (C=O) groups is 1. The number of nitrogens with one attached hydrogen (secondary N) is 1. The van der Waals surface area contributed by atoms with E-state index in [1.54, 1.807) is 0 Å². The highest BCUT2D eigenvalue weighted by atomic mass is 35.5. The van der Waals surface area contributed by atoms with E-state index in [9.17, 15) is 9.90 Å². The van der Waals surface area contributed by atoms with Gasteiger partial charge in [0.25, 0.3) is 0 Å². The standard InChI is InChI=1S/C34H37ClN4O2/c1-24-12-14-26(15-13-24)31-32(27-16-18-28(35)19-17-27)38-34-33(37-31)29(40)20-22-39(34)21-8-3-2-7-11-30(41)36-23-25-9-5-4-6-10-25/h4-6,9-10,12-19,29,40H,2-3,7-8,11,20-23H2,1H3,(H,36,41). The van der Waals surface area contributed by atoms with Crippen molar-refractivity contribution in [3.05, 3.63) is 101 Å². The maximum Gasteiger partial charge on any atom is 0.220 e. The van der Waals surface area contributed by atoms with Crippen molar-refractivity contribution < 1.29 is 9.90 Å². The number of hydrogen-bond acceptors (Lipinski definition) is 5. The average molecular weight is 569 g/mol. The Morgan fingerprint density at radius 2 is 1.56 bits per heavy atom. The fourth-order valence-corrected chi connectivity index (χ4v) is 5.31. The summed E-state index contributed by atoms with van der Waals surface area (Å²) in [4.78, 5) is 24.6. The lowest BCUT2D eigenvalue weighted by atomic mass is 10.0. The number of nitrogens with zero attached hydrogens (tertiary/aromatic N) is 3. The molecule has 0 saturated heterocycles. The van der Waals surface area contributed by atoms with Crippen LogP contribution in [-0.2, 0) is 11.3 Å². The molecule has 0 bridgehead atoms. The van der Waals surface area contributed by atoms with E-state index in [1.807, 2.05) is 54.6 Å². The summed E-state index contributed by atoms with van der Waals surface area (Å²) in [5.74, 6) is 0.854. The number of fused-ring (bicyclic) bond motifs is 1. The maximum atomic E-state index is 12.2. The first-order chi connectivity index (χ1) is 20.0. The molecule has 6 nitrogen and oxygen atoms in total. The summed E-state index contributed by atoms with van der Waals surface area (Å²) in [6, 6.07) is 25.9. The van der Waals surface area contributed by atoms with Gasteiger partial charge < -0.3 is 15.3 Å². The van der Waals surface area contributed by atoms with Gasteiger partial charge in [0.2, 0.25) is 5.91 Å². The number of benzene rings is 3. The van der Waals surface area contributed by atoms with Crippen LogP contribution in [-0.4, -0.2) is 34.1 Å². The summed E-state index contributed by atoms with van der Waals surface area (Å²) >= 11 is 6.18. The third kappa shape index (κ3) is 7.51. The maximum absolute atomic E-state index is 12.2. The molecular weight excluding hydrogens is 532 g/mol. The van der Waals surface area contributed by atoms with Gasteiger partial charge in [0.05, 0.1) is 11.4 Å². The highest BCUT2D eigenvalue weighted by Crippen LogP contribution is 2.38. The lowest BCUT2D eigenvalue weighted by Crippen LogP contribution is -2.34. The van der Waals surface area contributed by atoms with Crippen molar-refractivity contribution in [2.24, 2.45) is 0 Å². The largest absolute Gasteiger partial charge is 0.387 e. The molecule has 1 aliphatic heterocycles. The molecule has 212 valence electrons. The molecular formula is C34H37ClN4O2. The zero-order valence-corrected chi connectivity index (χ0v) is 24.3. The van der Waals surface area contributed by atoms with Crippen LogP contribution in [0.5, 0.6) is 0 Å². The van der Waals surface area contributed by atoms with Crippen LogP contribution in [0, 0.1) is 6.92 Å². The van der Waals surface area contributed by atoms with E-state index in [2.05, 4.69) is 41.4 Å². The van der Waals surface area contributed by atoms with Gasteiger partial charge in [-0.15, -0.1) is 0 Å². The van der Waals surface area contributed by atoms with Crippen LogP contribution in [0.1, 0.15) is 61.4 Å². The van der Waals surface area contributed by atoms with Gasteiger partial charge in [0.1, 0.15) is 11.8 Å². The molecule has 0 aliphatic carbocycles. The first-order valence-corrected chi connectivity index (χ1v) is 14.8. The SMILES string of the molecule is Cc1ccc(-c2nc3c(nc2-c2ccc(Cl)cc2)N(CCCCCCC(=O)NCc2ccccc2)CCC3O)cc1. The number of aliphatic hydroxyl groups is 1. The number of hydrogen-bond donors (Lipinski definition) is 2. The number of unbranched alkanes of at least 4 members (excludes halogenated alkanes) is 3. The molecule has 1 aliphatic rings. The van der Waals surface area contributed by atoms with Crippen molar-refractivity contribution in [3.8, 4) is 22.5 Å². The van der Waals surface area contributed by atoms with E-state index in [4.69, 9.17) is 21.6 Å². The van der Waals surface area contributed by atoms with Crippen LogP contribution in [0.25, 0.3) is 22.5 Å². The number of anilines is 1. The fourth-order valence-electron chi connectivity index (χ4n) is 5.18. The van der Waals surface area contributed by atoms with E-state index in [1.165, 1.54) is 5.56 Å². The fraction of sp³-hybridized carbons (Fsp3) is 0.324. The normalized spacial score (nSPS) is 14.5. The van der Waals surface area contributed by atoms with Gasteiger partial charge in [-0.2, -0.15) is 0 Å². The van der Waals surface area contributed by atoms with E-state index >= 15 is 0 Å². The smallest absolute Gasteiger partial charge is 0.220 e. The molecule has 0 fully saturated rings. The monoisotopic (exact) mass is 568 g/mol. The number of amides is 1. The van der Waals surface area contributed by atoms with Gasteiger partial charge in [-0.1, -0.05) is 96.7 Å². The molecule has 3 aromatic carbocycles. The molecule has 2 heterocycles. The number of carbonyl (C=O) groups excluding carboxylic acids is 1. The molecule has 7 heteroatoms. The van der Waals surface area contributed by atoms with E-state index < -0.39 is 6.10 Å². The van der Waals surface area contributed by atoms with Crippen LogP contribution in [0.3, 0.4) is 0 Å². The summed E-state index contributed by atoms with van der Waals surface area (Å²) in [5, 5.41) is 14.6. The van der Waals surface area contributed by atoms with Gasteiger partial charge in [-0.3, -0.25) is 4.79 Å². The minimum atomic E-state index is -0.647. The summed E-state index contributed by atoms with van der Waals surface area (Å²) in [6.07, 6.45) is 4.40. The summed E-state index contributed by atoms with van der Waals surface area (Å²) in [5.41, 5.74) is 6.37. The second-order valence-electron chi connectivity index (χ2n) is 10.7. The van der Waals surface area contributed by atoms with Crippen LogP contribution >= 0.6 is 11.6 Å². The molecule has 0 saturated carbocycles. The van der Waals surface area contributed by atoms with Crippen molar-refractivity contribution in [1.29, 1.82) is 0 Å². The summed E-state index contributed by atoms with van der Waals surface area (Å²) < 4.78 is 0. The summed E-state index contributed by atoms with van der Waals surface area (Å²) in [7, 11) is 0. The minimum absolute atomic E-state index is 0.0992. The minimum Gasteiger partial charge on any atom is -0.387 e. The topological polar surface area (TPSA) is 78.4 Å². The Morgan fingerprint density at radius 1 is 0.902 bits per heavy atom. The van der Waals surface area contributed by atoms with Crippen LogP contribution in [0.15, 0.2) is 78.9 Å². The van der Waals surface area contributed by atoms with Crippen molar-refractivity contribution in [2.75, 3.05) is 18.0 Å². The first kappa shape index (κ1) is 28.8. The molecule has 2 N–H and O–H groups in total. The zero-order chi connectivity index (χ0) is 28.6. The number of aromatic nitrogens is 2. The summed E-state index contributed by atoms with van der Waals surface area (Å²) in [6.45, 7) is 4.20. The second-order valence-corrected chi connectivity index (χ2v) is 11.2. The number of aryl methyl sites for hydroxylation is 1. The van der Waals surface area contributed by atoms with Crippen molar-refractivity contribution in [3.63, 3.8) is 0 Å². The Hall–Kier alpha value is -3.74. The van der Waals surface area contributed by atoms with E-state index in [-0.39, 0.29) is 5.91 Å². The number of halogens is 1. The van der Waals surface area contributed by atoms with Gasteiger partial charge in [0, 0.05) is 42.2 Å². The predicted octanol–water partition coefficient (Wildman–Crippen LogP) is 7.28. The Kier molecular flexibility index (Phi) is 9.65. The molecule has 0 spiro atoms. The van der Waals surface area contributed by atoms with Crippen molar-refractivity contribution in [2.45, 2.75) is 58.1 Å². The highest BCUT2D eigenvalue weighted by molar-refractivity contribution is 6.30. The Bertz CT molecular complexity index is 1440. The highest BCUT2D eigenvalue weighted by Gasteiger charge is 2.29. The molecule has 1 amide bonds. The zero-order valence-electron chi connectivity index (χ0n) is 23.5. The first-order valence-electron chi connectivity index (χ1n) is 14.5. The molecule has 4 aromatic rings. The Morgan fingerprint density at radius 3 is 2.29 bits per heavy atom. The molecule has 1 atom stereocenters. The molecule has 1 unspecified atom stereocenters. The second kappa shape index (κ2) is 13.7. The number of aliphatic hydroxyl groups excluding tert-OH is 1. The molecule has 1 aromatic heterocycles. The van der Waals surface area contributed by atoms with Crippen molar-refractivity contribution >= 4 is 23.3 Å². The molecule has 5 rings (SSSR count). The molecule has 0 radical (unpaired) electrons. The van der Waals surface area contributed by atoms with Crippen LogP contribution < -0.4 is 10.2 Å². The predicted molar refractivity (Wildman–Crippen MR) is 166 cm³/mol. The van der Waals surface area contributed by atoms with Gasteiger partial charge in [0.15, 0.2) is 5.82 Å². The van der Waals surface area contributed by atoms with Crippen molar-refractivity contribution in [1.82, 2.24) is 15.3 Å². The van der Waals surface area contributed by atoms with E-state index in [0.717, 1.165) is 72.7 Å². The average Bonchev–Trinajstić information content (AvgIpc) is 3.00. The van der Waals surface area contributed by atoms with Crippen LogP contribution in [0.4, 0.5) is 5.82 Å². The lowest BCUT2D eigenvalue weighted by molar-refractivity contribution is -0.121. The van der Waals surface area contributed by atoms with Gasteiger partial charge in [-0.25, -0.2) is 9.97 Å². The third-order valence-electron chi connectivity index (χ3n) is 7.55. The lowest BCUT2D eigenvalue weighted by Gasteiger charge is -2.33. The molecule has 41 heavy (non-hydrogen) atoms.